The lowest BCUT2D eigenvalue weighted by atomic mass is 9.92. The van der Waals surface area contributed by atoms with E-state index in [2.05, 4.69) is 119 Å². The van der Waals surface area contributed by atoms with Crippen LogP contribution >= 0.6 is 0 Å². The van der Waals surface area contributed by atoms with Crippen molar-refractivity contribution in [1.29, 1.82) is 0 Å². The summed E-state index contributed by atoms with van der Waals surface area (Å²) >= 11 is 0. The molecule has 2 heteroatoms. The lowest BCUT2D eigenvalue weighted by Gasteiger charge is -2.18. The van der Waals surface area contributed by atoms with Crippen LogP contribution in [0.4, 0.5) is 0 Å². The van der Waals surface area contributed by atoms with Gasteiger partial charge in [0.25, 0.3) is 5.82 Å². The zero-order valence-corrected chi connectivity index (χ0v) is 20.2. The van der Waals surface area contributed by atoms with Gasteiger partial charge in [-0.15, -0.1) is 0 Å². The lowest BCUT2D eigenvalue weighted by molar-refractivity contribution is -0.557. The van der Waals surface area contributed by atoms with Crippen molar-refractivity contribution in [3.05, 3.63) is 82.4 Å². The molecule has 4 rings (SSSR count). The molecule has 31 heavy (non-hydrogen) atoms. The minimum absolute atomic E-state index is 0.438. The summed E-state index contributed by atoms with van der Waals surface area (Å²) in [5.41, 5.74) is 11.8. The topological polar surface area (TPSA) is 8.81 Å². The third kappa shape index (κ3) is 3.59. The number of aryl methyl sites for hydroxylation is 4. The van der Waals surface area contributed by atoms with Gasteiger partial charge in [0.15, 0.2) is 11.0 Å². The molecule has 0 atom stereocenters. The first-order valence-electron chi connectivity index (χ1n) is 11.4. The molecule has 0 N–H and O–H groups in total. The van der Waals surface area contributed by atoms with Gasteiger partial charge in [0.05, 0.1) is 12.6 Å². The van der Waals surface area contributed by atoms with E-state index in [4.69, 9.17) is 0 Å². The molecule has 1 heterocycles. The maximum Gasteiger partial charge on any atom is 0.295 e. The second-order valence-corrected chi connectivity index (χ2v) is 9.62. The van der Waals surface area contributed by atoms with Gasteiger partial charge in [-0.05, 0) is 61.9 Å². The minimum atomic E-state index is 0.438. The van der Waals surface area contributed by atoms with Crippen molar-refractivity contribution in [2.75, 3.05) is 0 Å². The Balaban J connectivity index is 2.24. The summed E-state index contributed by atoms with van der Waals surface area (Å²) < 4.78 is 4.91. The molecule has 0 amide bonds. The highest BCUT2D eigenvalue weighted by Crippen LogP contribution is 2.33. The van der Waals surface area contributed by atoms with Crippen LogP contribution in [0.1, 0.15) is 67.3 Å². The van der Waals surface area contributed by atoms with Gasteiger partial charge < -0.3 is 0 Å². The molecule has 160 valence electrons. The first-order chi connectivity index (χ1) is 14.7. The first kappa shape index (κ1) is 21.4. The van der Waals surface area contributed by atoms with Crippen molar-refractivity contribution in [1.82, 2.24) is 4.57 Å². The molecule has 2 nitrogen and oxygen atoms in total. The van der Waals surface area contributed by atoms with Crippen molar-refractivity contribution in [2.24, 2.45) is 7.05 Å². The first-order valence-corrected chi connectivity index (χ1v) is 11.4. The van der Waals surface area contributed by atoms with E-state index in [0.717, 1.165) is 0 Å². The van der Waals surface area contributed by atoms with Crippen molar-refractivity contribution in [2.45, 2.75) is 60.3 Å². The molecular weight excluding hydrogens is 376 g/mol. The fourth-order valence-electron chi connectivity index (χ4n) is 4.74. The van der Waals surface area contributed by atoms with Gasteiger partial charge in [-0.3, -0.25) is 0 Å². The summed E-state index contributed by atoms with van der Waals surface area (Å²) in [4.78, 5) is 0. The summed E-state index contributed by atoms with van der Waals surface area (Å²) in [6, 6.07) is 20.5. The summed E-state index contributed by atoms with van der Waals surface area (Å²) in [7, 11) is 2.21. The number of nitrogens with zero attached hydrogens (tertiary/aromatic N) is 2. The molecule has 0 radical (unpaired) electrons. The summed E-state index contributed by atoms with van der Waals surface area (Å²) in [5, 5.41) is 0. The molecule has 0 spiro atoms. The highest BCUT2D eigenvalue weighted by molar-refractivity contribution is 5.79. The van der Waals surface area contributed by atoms with Crippen molar-refractivity contribution < 1.29 is 4.57 Å². The maximum absolute atomic E-state index is 2.53. The second kappa shape index (κ2) is 8.00. The molecule has 0 unspecified atom stereocenters. The van der Waals surface area contributed by atoms with Gasteiger partial charge in [0.1, 0.15) is 5.69 Å². The van der Waals surface area contributed by atoms with E-state index in [0.29, 0.717) is 11.8 Å². The zero-order valence-electron chi connectivity index (χ0n) is 20.2. The van der Waals surface area contributed by atoms with Gasteiger partial charge in [-0.2, -0.15) is 4.57 Å². The average molecular weight is 412 g/mol. The minimum Gasteiger partial charge on any atom is -0.225 e. The molecule has 4 aromatic rings. The predicted molar refractivity (Wildman–Crippen MR) is 132 cm³/mol. The van der Waals surface area contributed by atoms with Crippen LogP contribution < -0.4 is 4.57 Å². The summed E-state index contributed by atoms with van der Waals surface area (Å²) in [6.07, 6.45) is 0. The number of fused-ring (bicyclic) bond motifs is 1. The molecule has 0 aliphatic rings. The Morgan fingerprint density at radius 3 is 1.94 bits per heavy atom. The Morgan fingerprint density at radius 1 is 0.742 bits per heavy atom. The number of imidazole rings is 1. The molecule has 3 aromatic carbocycles. The quantitative estimate of drug-likeness (QED) is 0.312. The highest BCUT2D eigenvalue weighted by atomic mass is 15.2. The van der Waals surface area contributed by atoms with Crippen LogP contribution in [-0.4, -0.2) is 4.57 Å². The fourth-order valence-corrected chi connectivity index (χ4v) is 4.74. The van der Waals surface area contributed by atoms with Crippen LogP contribution in [0.3, 0.4) is 0 Å². The van der Waals surface area contributed by atoms with E-state index < -0.39 is 0 Å². The summed E-state index contributed by atoms with van der Waals surface area (Å²) in [5.74, 6) is 2.12. The van der Waals surface area contributed by atoms with Crippen molar-refractivity contribution >= 4 is 11.0 Å². The van der Waals surface area contributed by atoms with Gasteiger partial charge in [0.2, 0.25) is 0 Å². The van der Waals surface area contributed by atoms with E-state index in [1.165, 1.54) is 55.9 Å². The van der Waals surface area contributed by atoms with Crippen LogP contribution in [0.2, 0.25) is 0 Å². The van der Waals surface area contributed by atoms with E-state index in [9.17, 15) is 0 Å². The van der Waals surface area contributed by atoms with Gasteiger partial charge in [-0.1, -0.05) is 69.7 Å². The molecule has 0 aliphatic heterocycles. The van der Waals surface area contributed by atoms with Gasteiger partial charge in [-0.25, -0.2) is 4.57 Å². The van der Waals surface area contributed by atoms with Crippen molar-refractivity contribution in [3.8, 4) is 17.1 Å². The Hall–Kier alpha value is -2.87. The maximum atomic E-state index is 2.53. The summed E-state index contributed by atoms with van der Waals surface area (Å²) in [6.45, 7) is 15.8. The zero-order chi connectivity index (χ0) is 22.4. The SMILES string of the molecule is Cc1ccc(C)c(-c2n(C)c3cc(C)ccc3[n+]2-c2c(C(C)C)cccc2C(C)C)c1. The monoisotopic (exact) mass is 411 g/mol. The second-order valence-electron chi connectivity index (χ2n) is 9.62. The number of benzene rings is 3. The Kier molecular flexibility index (Phi) is 5.51. The normalized spacial score (nSPS) is 11.8. The van der Waals surface area contributed by atoms with Crippen LogP contribution in [0.25, 0.3) is 28.1 Å². The lowest BCUT2D eigenvalue weighted by Crippen LogP contribution is -2.36. The third-order valence-corrected chi connectivity index (χ3v) is 6.46. The molecular formula is C29H35N2+. The van der Waals surface area contributed by atoms with Gasteiger partial charge in [0, 0.05) is 11.1 Å². The van der Waals surface area contributed by atoms with E-state index >= 15 is 0 Å². The number of aromatic nitrogens is 2. The Morgan fingerprint density at radius 2 is 1.32 bits per heavy atom. The Bertz CT molecular complexity index is 1250. The molecule has 0 saturated carbocycles. The van der Waals surface area contributed by atoms with Crippen molar-refractivity contribution in [3.63, 3.8) is 0 Å². The van der Waals surface area contributed by atoms with E-state index in [-0.39, 0.29) is 0 Å². The molecule has 0 aliphatic carbocycles. The number of rotatable bonds is 4. The highest BCUT2D eigenvalue weighted by Gasteiger charge is 2.31. The van der Waals surface area contributed by atoms with Gasteiger partial charge >= 0.3 is 0 Å². The third-order valence-electron chi connectivity index (χ3n) is 6.46. The average Bonchev–Trinajstić information content (AvgIpc) is 3.00. The smallest absolute Gasteiger partial charge is 0.225 e. The van der Waals surface area contributed by atoms with Crippen LogP contribution in [0.5, 0.6) is 0 Å². The molecule has 0 fully saturated rings. The molecule has 1 aromatic heterocycles. The number of para-hydroxylation sites is 1. The van der Waals surface area contributed by atoms with Crippen LogP contribution in [0, 0.1) is 20.8 Å². The fraction of sp³-hybridized carbons (Fsp3) is 0.345. The van der Waals surface area contributed by atoms with E-state index in [1.54, 1.807) is 0 Å². The van der Waals surface area contributed by atoms with Crippen LogP contribution in [-0.2, 0) is 7.05 Å². The predicted octanol–water partition coefficient (Wildman–Crippen LogP) is 7.29. The standard InChI is InChI=1S/C29H35N2/c1-18(2)23-10-9-11-24(19(3)4)28(23)31-26-15-13-21(6)17-27(26)30(8)29(31)25-16-20(5)12-14-22(25)7/h9-19H,1-8H3/q+1. The molecule has 0 saturated heterocycles. The number of hydrogen-bond donors (Lipinski definition) is 0. The largest absolute Gasteiger partial charge is 0.295 e. The Labute approximate surface area is 187 Å². The number of hydrogen-bond acceptors (Lipinski definition) is 0. The van der Waals surface area contributed by atoms with Crippen LogP contribution in [0.15, 0.2) is 54.6 Å². The van der Waals surface area contributed by atoms with E-state index in [1.807, 2.05) is 0 Å². The molecule has 0 bridgehead atoms.